The van der Waals surface area contributed by atoms with Crippen LogP contribution in [0, 0.1) is 5.92 Å². The van der Waals surface area contributed by atoms with E-state index in [1.807, 2.05) is 24.3 Å². The minimum Gasteiger partial charge on any atom is -0.481 e. The predicted molar refractivity (Wildman–Crippen MR) is 77.1 cm³/mol. The van der Waals surface area contributed by atoms with E-state index in [1.54, 1.807) is 4.90 Å². The van der Waals surface area contributed by atoms with Gasteiger partial charge in [0.25, 0.3) is 5.22 Å². The van der Waals surface area contributed by atoms with Crippen LogP contribution in [0.4, 0.5) is 0 Å². The lowest BCUT2D eigenvalue weighted by molar-refractivity contribution is -0.141. The van der Waals surface area contributed by atoms with Crippen LogP contribution in [0.1, 0.15) is 6.42 Å². The van der Waals surface area contributed by atoms with E-state index in [-0.39, 0.29) is 11.7 Å². The molecule has 1 unspecified atom stereocenters. The van der Waals surface area contributed by atoms with Crippen molar-refractivity contribution in [1.82, 2.24) is 9.88 Å². The number of carboxylic acid groups (broad SMARTS) is 1. The molecule has 1 amide bonds. The van der Waals surface area contributed by atoms with Crippen molar-refractivity contribution in [3.63, 3.8) is 0 Å². The smallest absolute Gasteiger partial charge is 0.308 e. The maximum absolute atomic E-state index is 12.0. The summed E-state index contributed by atoms with van der Waals surface area (Å²) in [5.74, 6) is -1.15. The van der Waals surface area contributed by atoms with Crippen molar-refractivity contribution in [2.24, 2.45) is 5.92 Å². The van der Waals surface area contributed by atoms with E-state index in [4.69, 9.17) is 9.52 Å². The van der Waals surface area contributed by atoms with Gasteiger partial charge in [0.2, 0.25) is 5.91 Å². The number of hydrogen-bond acceptors (Lipinski definition) is 5. The highest BCUT2D eigenvalue weighted by Crippen LogP contribution is 2.24. The lowest BCUT2D eigenvalue weighted by atomic mass is 10.1. The van der Waals surface area contributed by atoms with Gasteiger partial charge in [0.1, 0.15) is 5.52 Å². The molecule has 0 radical (unpaired) electrons. The second-order valence-corrected chi connectivity index (χ2v) is 5.83. The number of aromatic nitrogens is 1. The zero-order valence-electron chi connectivity index (χ0n) is 11.2. The van der Waals surface area contributed by atoms with E-state index < -0.39 is 11.9 Å². The summed E-state index contributed by atoms with van der Waals surface area (Å²) < 4.78 is 5.53. The van der Waals surface area contributed by atoms with Crippen molar-refractivity contribution in [2.45, 2.75) is 11.6 Å². The summed E-state index contributed by atoms with van der Waals surface area (Å²) >= 11 is 1.23. The predicted octanol–water partition coefficient (Wildman–Crippen LogP) is 1.85. The summed E-state index contributed by atoms with van der Waals surface area (Å²) in [6, 6.07) is 7.42. The third-order valence-corrected chi connectivity index (χ3v) is 4.30. The van der Waals surface area contributed by atoms with Crippen molar-refractivity contribution in [1.29, 1.82) is 0 Å². The van der Waals surface area contributed by atoms with E-state index in [9.17, 15) is 9.59 Å². The number of amides is 1. The van der Waals surface area contributed by atoms with Gasteiger partial charge in [0.05, 0.1) is 11.7 Å². The van der Waals surface area contributed by atoms with Gasteiger partial charge in [-0.25, -0.2) is 4.98 Å². The number of para-hydroxylation sites is 2. The minimum absolute atomic E-state index is 0.0778. The molecule has 110 valence electrons. The molecule has 2 aromatic rings. The number of carbonyl (C=O) groups is 2. The Labute approximate surface area is 125 Å². The Hall–Kier alpha value is -2.02. The van der Waals surface area contributed by atoms with E-state index in [0.717, 1.165) is 5.52 Å². The zero-order chi connectivity index (χ0) is 14.8. The number of fused-ring (bicyclic) bond motifs is 1. The first kappa shape index (κ1) is 13.9. The van der Waals surface area contributed by atoms with Crippen LogP contribution < -0.4 is 0 Å². The normalized spacial score (nSPS) is 18.3. The lowest BCUT2D eigenvalue weighted by Crippen LogP contribution is -2.31. The quantitative estimate of drug-likeness (QED) is 0.868. The summed E-state index contributed by atoms with van der Waals surface area (Å²) in [5.41, 5.74) is 1.46. The molecule has 1 saturated heterocycles. The van der Waals surface area contributed by atoms with Gasteiger partial charge in [-0.3, -0.25) is 9.59 Å². The van der Waals surface area contributed by atoms with Gasteiger partial charge < -0.3 is 14.4 Å². The largest absolute Gasteiger partial charge is 0.481 e. The highest BCUT2D eigenvalue weighted by atomic mass is 32.2. The topological polar surface area (TPSA) is 83.6 Å². The van der Waals surface area contributed by atoms with E-state index in [2.05, 4.69) is 4.98 Å². The van der Waals surface area contributed by atoms with Gasteiger partial charge in [-0.1, -0.05) is 23.9 Å². The second-order valence-electron chi connectivity index (χ2n) is 4.90. The average Bonchev–Trinajstić information content (AvgIpc) is 3.11. The Kier molecular flexibility index (Phi) is 3.83. The van der Waals surface area contributed by atoms with Crippen molar-refractivity contribution in [3.05, 3.63) is 24.3 Å². The van der Waals surface area contributed by atoms with Gasteiger partial charge in [-0.15, -0.1) is 0 Å². The van der Waals surface area contributed by atoms with E-state index >= 15 is 0 Å². The molecular weight excluding hydrogens is 292 g/mol. The van der Waals surface area contributed by atoms with Gasteiger partial charge in [-0.05, 0) is 18.6 Å². The van der Waals surface area contributed by atoms with Crippen LogP contribution in [0.2, 0.25) is 0 Å². The van der Waals surface area contributed by atoms with Crippen LogP contribution in [-0.4, -0.2) is 45.7 Å². The molecule has 1 atom stereocenters. The molecule has 1 fully saturated rings. The maximum Gasteiger partial charge on any atom is 0.308 e. The number of oxazole rings is 1. The van der Waals surface area contributed by atoms with E-state index in [1.165, 1.54) is 11.8 Å². The van der Waals surface area contributed by atoms with Gasteiger partial charge in [-0.2, -0.15) is 0 Å². The van der Waals surface area contributed by atoms with Crippen LogP contribution in [0.3, 0.4) is 0 Å². The molecule has 1 aromatic heterocycles. The summed E-state index contributed by atoms with van der Waals surface area (Å²) in [6.45, 7) is 0.798. The highest BCUT2D eigenvalue weighted by Gasteiger charge is 2.30. The third kappa shape index (κ3) is 3.02. The van der Waals surface area contributed by atoms with Crippen molar-refractivity contribution in [2.75, 3.05) is 18.8 Å². The zero-order valence-corrected chi connectivity index (χ0v) is 12.0. The van der Waals surface area contributed by atoms with Crippen LogP contribution >= 0.6 is 11.8 Å². The fourth-order valence-corrected chi connectivity index (χ4v) is 3.06. The van der Waals surface area contributed by atoms with E-state index in [0.29, 0.717) is 30.3 Å². The molecule has 7 heteroatoms. The molecule has 0 aliphatic carbocycles. The Balaban J connectivity index is 1.57. The number of carbonyl (C=O) groups excluding carboxylic acids is 1. The highest BCUT2D eigenvalue weighted by molar-refractivity contribution is 7.99. The Morgan fingerprint density at radius 2 is 2.24 bits per heavy atom. The molecule has 1 aliphatic heterocycles. The maximum atomic E-state index is 12.0. The Morgan fingerprint density at radius 1 is 1.43 bits per heavy atom. The number of thioether (sulfide) groups is 1. The summed E-state index contributed by atoms with van der Waals surface area (Å²) in [5, 5.41) is 9.39. The number of rotatable bonds is 4. The standard InChI is InChI=1S/C14H14N2O4S/c17-12(16-6-5-9(7-16)13(18)19)8-21-14-15-10-3-1-2-4-11(10)20-14/h1-4,9H,5-8H2,(H,18,19). The van der Waals surface area contributed by atoms with Gasteiger partial charge >= 0.3 is 5.97 Å². The molecule has 1 aliphatic rings. The molecule has 21 heavy (non-hydrogen) atoms. The molecule has 2 heterocycles. The van der Waals surface area contributed by atoms with Crippen LogP contribution in [0.5, 0.6) is 0 Å². The number of aliphatic carboxylic acids is 1. The summed E-state index contributed by atoms with van der Waals surface area (Å²) in [4.78, 5) is 28.8. The molecule has 0 saturated carbocycles. The molecule has 1 N–H and O–H groups in total. The minimum atomic E-state index is -0.836. The number of hydrogen-bond donors (Lipinski definition) is 1. The number of likely N-dealkylation sites (tertiary alicyclic amines) is 1. The molecule has 6 nitrogen and oxygen atoms in total. The fraction of sp³-hybridized carbons (Fsp3) is 0.357. The Bertz CT molecular complexity index is 651. The molecule has 1 aromatic carbocycles. The van der Waals surface area contributed by atoms with Crippen molar-refractivity contribution >= 4 is 34.7 Å². The first-order chi connectivity index (χ1) is 10.1. The Morgan fingerprint density at radius 3 is 2.95 bits per heavy atom. The SMILES string of the molecule is O=C(O)C1CCN(C(=O)CSc2nc3ccccc3o2)C1. The first-order valence-electron chi connectivity index (χ1n) is 6.62. The van der Waals surface area contributed by atoms with Crippen molar-refractivity contribution in [3.8, 4) is 0 Å². The van der Waals surface area contributed by atoms with Crippen LogP contribution in [0.25, 0.3) is 11.1 Å². The lowest BCUT2D eigenvalue weighted by Gasteiger charge is -2.14. The summed E-state index contributed by atoms with van der Waals surface area (Å²) in [6.07, 6.45) is 0.522. The molecule has 3 rings (SSSR count). The molecular formula is C14H14N2O4S. The van der Waals surface area contributed by atoms with Gasteiger partial charge in [0, 0.05) is 13.1 Å². The molecule has 0 spiro atoms. The third-order valence-electron chi connectivity index (χ3n) is 3.48. The average molecular weight is 306 g/mol. The number of carboxylic acids is 1. The van der Waals surface area contributed by atoms with Gasteiger partial charge in [0.15, 0.2) is 5.58 Å². The fourth-order valence-electron chi connectivity index (χ4n) is 2.32. The first-order valence-corrected chi connectivity index (χ1v) is 7.61. The molecule has 0 bridgehead atoms. The summed E-state index contributed by atoms with van der Waals surface area (Å²) in [7, 11) is 0. The van der Waals surface area contributed by atoms with Crippen molar-refractivity contribution < 1.29 is 19.1 Å². The monoisotopic (exact) mass is 306 g/mol. The number of nitrogens with zero attached hydrogens (tertiary/aromatic N) is 2. The second kappa shape index (κ2) is 5.77. The van der Waals surface area contributed by atoms with Crippen LogP contribution in [0.15, 0.2) is 33.9 Å². The van der Waals surface area contributed by atoms with Crippen LogP contribution in [-0.2, 0) is 9.59 Å². The number of benzene rings is 1.